The third-order valence-corrected chi connectivity index (χ3v) is 2.17. The van der Waals surface area contributed by atoms with Crippen LogP contribution in [-0.4, -0.2) is 23.0 Å². The quantitative estimate of drug-likeness (QED) is 0.685. The first-order chi connectivity index (χ1) is 7.65. The predicted octanol–water partition coefficient (Wildman–Crippen LogP) is -0.0222. The first-order valence-electron chi connectivity index (χ1n) is 4.46. The number of methoxy groups -OCH3 is 1. The number of carbonyl (C=O) groups is 1. The van der Waals surface area contributed by atoms with Crippen LogP contribution in [-0.2, 0) is 9.53 Å². The summed E-state index contributed by atoms with van der Waals surface area (Å²) in [7, 11) is 1.25. The topological polar surface area (TPSA) is 117 Å². The van der Waals surface area contributed by atoms with E-state index in [1.165, 1.54) is 19.7 Å². The summed E-state index contributed by atoms with van der Waals surface area (Å²) in [6.07, 6.45) is 2.60. The Hall–Kier alpha value is -2.15. The Morgan fingerprint density at radius 2 is 2.31 bits per heavy atom. The van der Waals surface area contributed by atoms with Gasteiger partial charge in [0.05, 0.1) is 19.0 Å². The van der Waals surface area contributed by atoms with Gasteiger partial charge in [0.15, 0.2) is 12.0 Å². The molecule has 2 rings (SSSR count). The average Bonchev–Trinajstić information content (AvgIpc) is 2.77. The molecular formula is C9H10N4O3. The summed E-state index contributed by atoms with van der Waals surface area (Å²) < 4.78 is 9.63. The van der Waals surface area contributed by atoms with Crippen LogP contribution < -0.4 is 11.5 Å². The molecule has 0 fully saturated rings. The van der Waals surface area contributed by atoms with Crippen molar-refractivity contribution in [3.8, 4) is 0 Å². The largest absolute Gasteiger partial charge is 0.468 e. The van der Waals surface area contributed by atoms with Crippen LogP contribution in [0.25, 0.3) is 11.1 Å². The molecular weight excluding hydrogens is 212 g/mol. The van der Waals surface area contributed by atoms with Gasteiger partial charge in [0, 0.05) is 0 Å². The number of esters is 1. The molecule has 0 bridgehead atoms. The maximum absolute atomic E-state index is 11.3. The van der Waals surface area contributed by atoms with E-state index in [0.717, 1.165) is 0 Å². The van der Waals surface area contributed by atoms with E-state index in [0.29, 0.717) is 16.8 Å². The number of oxazole rings is 1. The lowest BCUT2D eigenvalue weighted by Crippen LogP contribution is -2.23. The van der Waals surface area contributed by atoms with Crippen molar-refractivity contribution in [1.82, 2.24) is 9.97 Å². The van der Waals surface area contributed by atoms with Crippen molar-refractivity contribution in [2.45, 2.75) is 6.04 Å². The molecule has 2 heterocycles. The van der Waals surface area contributed by atoms with Gasteiger partial charge in [0.25, 0.3) is 0 Å². The molecule has 7 nitrogen and oxygen atoms in total. The molecule has 84 valence electrons. The minimum absolute atomic E-state index is 0.258. The fraction of sp³-hybridized carbons (Fsp3) is 0.222. The molecule has 7 heteroatoms. The molecule has 16 heavy (non-hydrogen) atoms. The van der Waals surface area contributed by atoms with E-state index in [1.807, 2.05) is 0 Å². The molecule has 2 aromatic heterocycles. The first-order valence-corrected chi connectivity index (χ1v) is 4.46. The Balaban J connectivity index is 2.57. The minimum Gasteiger partial charge on any atom is -0.468 e. The summed E-state index contributed by atoms with van der Waals surface area (Å²) in [5, 5.41) is 0. The van der Waals surface area contributed by atoms with E-state index in [9.17, 15) is 4.79 Å². The lowest BCUT2D eigenvalue weighted by atomic mass is 10.2. The smallest absolute Gasteiger partial charge is 0.329 e. The number of pyridine rings is 1. The SMILES string of the molecule is COC(=O)[C@@H](N)c1ncc(N)c2ncoc12. The Kier molecular flexibility index (Phi) is 2.45. The zero-order valence-electron chi connectivity index (χ0n) is 8.51. The van der Waals surface area contributed by atoms with Crippen molar-refractivity contribution in [2.24, 2.45) is 5.73 Å². The summed E-state index contributed by atoms with van der Waals surface area (Å²) in [5.74, 6) is -0.602. The van der Waals surface area contributed by atoms with Gasteiger partial charge in [-0.3, -0.25) is 4.98 Å². The highest BCUT2D eigenvalue weighted by Crippen LogP contribution is 2.24. The number of aromatic nitrogens is 2. The van der Waals surface area contributed by atoms with Gasteiger partial charge in [-0.2, -0.15) is 0 Å². The van der Waals surface area contributed by atoms with Crippen LogP contribution in [0.15, 0.2) is 17.0 Å². The average molecular weight is 222 g/mol. The van der Waals surface area contributed by atoms with Gasteiger partial charge < -0.3 is 20.6 Å². The molecule has 0 aliphatic carbocycles. The molecule has 0 unspecified atom stereocenters. The monoisotopic (exact) mass is 222 g/mol. The van der Waals surface area contributed by atoms with Crippen LogP contribution in [0.4, 0.5) is 5.69 Å². The fourth-order valence-electron chi connectivity index (χ4n) is 1.35. The zero-order valence-corrected chi connectivity index (χ0v) is 8.51. The molecule has 0 aliphatic heterocycles. The van der Waals surface area contributed by atoms with Crippen molar-refractivity contribution in [3.05, 3.63) is 18.3 Å². The number of hydrogen-bond acceptors (Lipinski definition) is 7. The molecule has 0 saturated carbocycles. The van der Waals surface area contributed by atoms with Crippen LogP contribution in [0.1, 0.15) is 11.7 Å². The van der Waals surface area contributed by atoms with Crippen LogP contribution in [0, 0.1) is 0 Å². The van der Waals surface area contributed by atoms with Crippen molar-refractivity contribution in [1.29, 1.82) is 0 Å². The Labute approximate surface area is 90.4 Å². The Bertz CT molecular complexity index is 537. The number of nitrogens with two attached hydrogens (primary N) is 2. The third-order valence-electron chi connectivity index (χ3n) is 2.17. The third kappa shape index (κ3) is 1.47. The molecule has 0 radical (unpaired) electrons. The van der Waals surface area contributed by atoms with Crippen molar-refractivity contribution in [2.75, 3.05) is 12.8 Å². The number of anilines is 1. The molecule has 0 aliphatic rings. The normalized spacial score (nSPS) is 12.6. The lowest BCUT2D eigenvalue weighted by molar-refractivity contribution is -0.142. The van der Waals surface area contributed by atoms with Gasteiger partial charge in [-0.05, 0) is 0 Å². The molecule has 0 saturated heterocycles. The van der Waals surface area contributed by atoms with Crippen molar-refractivity contribution < 1.29 is 13.9 Å². The summed E-state index contributed by atoms with van der Waals surface area (Å²) in [5.41, 5.74) is 12.7. The van der Waals surface area contributed by atoms with Crippen LogP contribution in [0.2, 0.25) is 0 Å². The van der Waals surface area contributed by atoms with E-state index in [1.54, 1.807) is 0 Å². The minimum atomic E-state index is -1.01. The maximum Gasteiger partial charge on any atom is 0.329 e. The van der Waals surface area contributed by atoms with Gasteiger partial charge in [0.1, 0.15) is 17.3 Å². The number of ether oxygens (including phenoxy) is 1. The second-order valence-electron chi connectivity index (χ2n) is 3.13. The molecule has 0 aromatic carbocycles. The maximum atomic E-state index is 11.3. The van der Waals surface area contributed by atoms with E-state index in [-0.39, 0.29) is 5.69 Å². The Morgan fingerprint density at radius 1 is 1.56 bits per heavy atom. The highest BCUT2D eigenvalue weighted by atomic mass is 16.5. The number of rotatable bonds is 2. The van der Waals surface area contributed by atoms with Gasteiger partial charge in [-0.25, -0.2) is 9.78 Å². The number of nitrogens with zero attached hydrogens (tertiary/aromatic N) is 2. The summed E-state index contributed by atoms with van der Waals surface area (Å²) in [4.78, 5) is 19.2. The molecule has 0 spiro atoms. The number of hydrogen-bond donors (Lipinski definition) is 2. The molecule has 1 atom stereocenters. The Morgan fingerprint density at radius 3 is 3.00 bits per heavy atom. The van der Waals surface area contributed by atoms with Crippen molar-refractivity contribution in [3.63, 3.8) is 0 Å². The second-order valence-corrected chi connectivity index (χ2v) is 3.13. The van der Waals surface area contributed by atoms with E-state index in [4.69, 9.17) is 15.9 Å². The van der Waals surface area contributed by atoms with Gasteiger partial charge in [-0.15, -0.1) is 0 Å². The highest BCUT2D eigenvalue weighted by Gasteiger charge is 2.23. The van der Waals surface area contributed by atoms with Gasteiger partial charge in [-0.1, -0.05) is 0 Å². The van der Waals surface area contributed by atoms with E-state index >= 15 is 0 Å². The second kappa shape index (κ2) is 3.78. The standard InChI is InChI=1S/C9H10N4O3/c1-15-9(14)5(11)7-8-6(13-3-16-8)4(10)2-12-7/h2-3,5H,10-11H2,1H3/t5-/m0/s1. The summed E-state index contributed by atoms with van der Waals surface area (Å²) in [6.45, 7) is 0. The van der Waals surface area contributed by atoms with E-state index in [2.05, 4.69) is 14.7 Å². The first kappa shape index (κ1) is 10.4. The summed E-state index contributed by atoms with van der Waals surface area (Å²) in [6, 6.07) is -1.01. The highest BCUT2D eigenvalue weighted by molar-refractivity contribution is 5.89. The van der Waals surface area contributed by atoms with Gasteiger partial charge in [0.2, 0.25) is 0 Å². The number of fused-ring (bicyclic) bond motifs is 1. The van der Waals surface area contributed by atoms with Crippen LogP contribution in [0.5, 0.6) is 0 Å². The molecule has 4 N–H and O–H groups in total. The number of carbonyl (C=O) groups excluding carboxylic acids is 1. The van der Waals surface area contributed by atoms with Crippen LogP contribution in [0.3, 0.4) is 0 Å². The molecule has 0 amide bonds. The zero-order chi connectivity index (χ0) is 11.7. The van der Waals surface area contributed by atoms with Crippen LogP contribution >= 0.6 is 0 Å². The van der Waals surface area contributed by atoms with Crippen molar-refractivity contribution >= 4 is 22.8 Å². The summed E-state index contributed by atoms with van der Waals surface area (Å²) >= 11 is 0. The van der Waals surface area contributed by atoms with Gasteiger partial charge >= 0.3 is 5.97 Å². The fourth-order valence-corrected chi connectivity index (χ4v) is 1.35. The molecule has 2 aromatic rings. The lowest BCUT2D eigenvalue weighted by Gasteiger charge is -2.08. The van der Waals surface area contributed by atoms with E-state index < -0.39 is 12.0 Å². The predicted molar refractivity (Wildman–Crippen MR) is 55.2 cm³/mol. The number of nitrogen functional groups attached to an aromatic ring is 1.